The Morgan fingerprint density at radius 1 is 1.23 bits per heavy atom. The molecule has 1 fully saturated rings. The van der Waals surface area contributed by atoms with E-state index in [9.17, 15) is 9.59 Å². The molecule has 0 radical (unpaired) electrons. The van der Waals surface area contributed by atoms with Crippen molar-refractivity contribution >= 4 is 11.8 Å². The van der Waals surface area contributed by atoms with Crippen LogP contribution in [0.2, 0.25) is 0 Å². The number of carbonyl (C=O) groups excluding carboxylic acids is 2. The number of pyridine rings is 1. The van der Waals surface area contributed by atoms with Crippen LogP contribution in [0.5, 0.6) is 0 Å². The van der Waals surface area contributed by atoms with Crippen molar-refractivity contribution in [2.45, 2.75) is 25.7 Å². The number of ether oxygens (including phenoxy) is 1. The topological polar surface area (TPSA) is 71.5 Å². The summed E-state index contributed by atoms with van der Waals surface area (Å²) in [6.45, 7) is 2.71. The lowest BCUT2D eigenvalue weighted by Gasteiger charge is -2.26. The molecule has 0 spiro atoms. The molecule has 2 amide bonds. The van der Waals surface area contributed by atoms with Gasteiger partial charge < -0.3 is 15.0 Å². The fraction of sp³-hybridized carbons (Fsp3) is 0.562. The van der Waals surface area contributed by atoms with Crippen LogP contribution in [0, 0.1) is 0 Å². The molecule has 6 nitrogen and oxygen atoms in total. The summed E-state index contributed by atoms with van der Waals surface area (Å²) in [6, 6.07) is 1.62. The molecule has 2 heterocycles. The second-order valence-corrected chi connectivity index (χ2v) is 5.42. The first kappa shape index (κ1) is 16.4. The highest BCUT2D eigenvalue weighted by atomic mass is 16.5. The van der Waals surface area contributed by atoms with Gasteiger partial charge in [-0.2, -0.15) is 0 Å². The van der Waals surface area contributed by atoms with Gasteiger partial charge in [0, 0.05) is 45.7 Å². The molecule has 0 unspecified atom stereocenters. The number of methoxy groups -OCH3 is 1. The van der Waals surface area contributed by atoms with Crippen molar-refractivity contribution in [2.75, 3.05) is 33.4 Å². The summed E-state index contributed by atoms with van der Waals surface area (Å²) in [6.07, 6.45) is 7.02. The van der Waals surface area contributed by atoms with Gasteiger partial charge in [-0.25, -0.2) is 0 Å². The number of amides is 2. The first-order valence-corrected chi connectivity index (χ1v) is 7.74. The van der Waals surface area contributed by atoms with Crippen LogP contribution in [0.4, 0.5) is 0 Å². The molecule has 0 atom stereocenters. The number of likely N-dealkylation sites (tertiary alicyclic amines) is 1. The summed E-state index contributed by atoms with van der Waals surface area (Å²) >= 11 is 0. The predicted molar refractivity (Wildman–Crippen MR) is 82.8 cm³/mol. The summed E-state index contributed by atoms with van der Waals surface area (Å²) < 4.78 is 4.93. The molecule has 0 bridgehead atoms. The first-order chi connectivity index (χ1) is 10.7. The monoisotopic (exact) mass is 305 g/mol. The normalized spacial score (nSPS) is 14.7. The standard InChI is InChI=1S/C16H23N3O3/c1-22-9-5-6-18-15(20)13-10-14(12-17-11-13)16(21)19-7-3-2-4-8-19/h10-12H,2-9H2,1H3,(H,18,20). The SMILES string of the molecule is COCCCNC(=O)c1cncc(C(=O)N2CCCCC2)c1. The number of hydrogen-bond acceptors (Lipinski definition) is 4. The van der Waals surface area contributed by atoms with Crippen molar-refractivity contribution in [2.24, 2.45) is 0 Å². The van der Waals surface area contributed by atoms with E-state index in [-0.39, 0.29) is 11.8 Å². The Morgan fingerprint density at radius 3 is 2.68 bits per heavy atom. The largest absolute Gasteiger partial charge is 0.385 e. The smallest absolute Gasteiger partial charge is 0.255 e. The highest BCUT2D eigenvalue weighted by Crippen LogP contribution is 2.13. The summed E-state index contributed by atoms with van der Waals surface area (Å²) in [4.78, 5) is 30.3. The lowest BCUT2D eigenvalue weighted by molar-refractivity contribution is 0.0724. The Labute approximate surface area is 130 Å². The van der Waals surface area contributed by atoms with Gasteiger partial charge in [0.1, 0.15) is 0 Å². The van der Waals surface area contributed by atoms with E-state index >= 15 is 0 Å². The van der Waals surface area contributed by atoms with Gasteiger partial charge in [-0.1, -0.05) is 0 Å². The minimum atomic E-state index is -0.211. The minimum absolute atomic E-state index is 0.0405. The van der Waals surface area contributed by atoms with E-state index in [0.29, 0.717) is 24.3 Å². The van der Waals surface area contributed by atoms with E-state index in [1.807, 2.05) is 4.90 Å². The van der Waals surface area contributed by atoms with Crippen LogP contribution in [0.3, 0.4) is 0 Å². The highest BCUT2D eigenvalue weighted by molar-refractivity contribution is 5.99. The highest BCUT2D eigenvalue weighted by Gasteiger charge is 2.19. The van der Waals surface area contributed by atoms with Crippen molar-refractivity contribution in [3.8, 4) is 0 Å². The fourth-order valence-corrected chi connectivity index (χ4v) is 2.48. The molecule has 1 aliphatic rings. The summed E-state index contributed by atoms with van der Waals surface area (Å²) in [5, 5.41) is 2.80. The Balaban J connectivity index is 1.96. The zero-order valence-corrected chi connectivity index (χ0v) is 13.0. The van der Waals surface area contributed by atoms with Crippen molar-refractivity contribution in [3.05, 3.63) is 29.6 Å². The summed E-state index contributed by atoms with van der Waals surface area (Å²) in [5.41, 5.74) is 0.895. The zero-order valence-electron chi connectivity index (χ0n) is 13.0. The average Bonchev–Trinajstić information content (AvgIpc) is 2.59. The number of piperidine rings is 1. The molecule has 22 heavy (non-hydrogen) atoms. The Kier molecular flexibility index (Phi) is 6.33. The van der Waals surface area contributed by atoms with Crippen LogP contribution in [0.25, 0.3) is 0 Å². The predicted octanol–water partition coefficient (Wildman–Crippen LogP) is 1.47. The second kappa shape index (κ2) is 8.48. The van der Waals surface area contributed by atoms with Gasteiger partial charge in [0.15, 0.2) is 0 Å². The third-order valence-electron chi connectivity index (χ3n) is 3.70. The van der Waals surface area contributed by atoms with Crippen LogP contribution in [0.15, 0.2) is 18.5 Å². The Hall–Kier alpha value is -1.95. The van der Waals surface area contributed by atoms with Crippen LogP contribution in [-0.2, 0) is 4.74 Å². The van der Waals surface area contributed by atoms with Crippen LogP contribution in [-0.4, -0.2) is 55.0 Å². The van der Waals surface area contributed by atoms with Gasteiger partial charge in [-0.15, -0.1) is 0 Å². The maximum atomic E-state index is 12.4. The third kappa shape index (κ3) is 4.53. The van der Waals surface area contributed by atoms with Crippen LogP contribution >= 0.6 is 0 Å². The maximum Gasteiger partial charge on any atom is 0.255 e. The van der Waals surface area contributed by atoms with E-state index < -0.39 is 0 Å². The van der Waals surface area contributed by atoms with E-state index in [2.05, 4.69) is 10.3 Å². The number of nitrogens with zero attached hydrogens (tertiary/aromatic N) is 2. The van der Waals surface area contributed by atoms with Gasteiger partial charge in [-0.05, 0) is 31.7 Å². The number of aromatic nitrogens is 1. The molecular weight excluding hydrogens is 282 g/mol. The molecule has 6 heteroatoms. The number of carbonyl (C=O) groups is 2. The van der Waals surface area contributed by atoms with Crippen molar-refractivity contribution in [3.63, 3.8) is 0 Å². The minimum Gasteiger partial charge on any atom is -0.385 e. The van der Waals surface area contributed by atoms with Crippen molar-refractivity contribution in [1.82, 2.24) is 15.2 Å². The van der Waals surface area contributed by atoms with E-state index in [4.69, 9.17) is 4.74 Å². The molecule has 1 aromatic rings. The van der Waals surface area contributed by atoms with E-state index in [1.165, 1.54) is 18.8 Å². The molecule has 0 aromatic carbocycles. The Bertz CT molecular complexity index is 513. The molecule has 0 aliphatic carbocycles. The van der Waals surface area contributed by atoms with Gasteiger partial charge in [0.2, 0.25) is 0 Å². The van der Waals surface area contributed by atoms with Gasteiger partial charge >= 0.3 is 0 Å². The van der Waals surface area contributed by atoms with Crippen molar-refractivity contribution < 1.29 is 14.3 Å². The van der Waals surface area contributed by atoms with E-state index in [0.717, 1.165) is 32.4 Å². The maximum absolute atomic E-state index is 12.4. The molecule has 2 rings (SSSR count). The summed E-state index contributed by atoms with van der Waals surface area (Å²) in [7, 11) is 1.63. The zero-order chi connectivity index (χ0) is 15.8. The number of nitrogens with one attached hydrogen (secondary N) is 1. The molecular formula is C16H23N3O3. The molecule has 1 N–H and O–H groups in total. The van der Waals surface area contributed by atoms with Gasteiger partial charge in [0.25, 0.3) is 11.8 Å². The van der Waals surface area contributed by atoms with Crippen molar-refractivity contribution in [1.29, 1.82) is 0 Å². The summed E-state index contributed by atoms with van der Waals surface area (Å²) in [5.74, 6) is -0.252. The molecule has 120 valence electrons. The second-order valence-electron chi connectivity index (χ2n) is 5.42. The van der Waals surface area contributed by atoms with Gasteiger partial charge in [-0.3, -0.25) is 14.6 Å². The van der Waals surface area contributed by atoms with Gasteiger partial charge in [0.05, 0.1) is 11.1 Å². The fourth-order valence-electron chi connectivity index (χ4n) is 2.48. The van der Waals surface area contributed by atoms with Crippen LogP contribution in [0.1, 0.15) is 46.4 Å². The molecule has 1 saturated heterocycles. The lowest BCUT2D eigenvalue weighted by atomic mass is 10.1. The molecule has 1 aliphatic heterocycles. The third-order valence-corrected chi connectivity index (χ3v) is 3.70. The average molecular weight is 305 g/mol. The quantitative estimate of drug-likeness (QED) is 0.808. The number of hydrogen-bond donors (Lipinski definition) is 1. The van der Waals surface area contributed by atoms with Crippen LogP contribution < -0.4 is 5.32 Å². The lowest BCUT2D eigenvalue weighted by Crippen LogP contribution is -2.35. The molecule has 0 saturated carbocycles. The first-order valence-electron chi connectivity index (χ1n) is 7.74. The Morgan fingerprint density at radius 2 is 1.95 bits per heavy atom. The number of rotatable bonds is 6. The van der Waals surface area contributed by atoms with E-state index in [1.54, 1.807) is 13.2 Å². The molecule has 1 aromatic heterocycles.